The number of rotatable bonds is 5. The van der Waals surface area contributed by atoms with Crippen LogP contribution in [0.3, 0.4) is 0 Å². The summed E-state index contributed by atoms with van der Waals surface area (Å²) in [6.07, 6.45) is 0.850. The van der Waals surface area contributed by atoms with Gasteiger partial charge in [0.1, 0.15) is 11.9 Å². The Morgan fingerprint density at radius 1 is 1.03 bits per heavy atom. The Bertz CT molecular complexity index is 1200. The van der Waals surface area contributed by atoms with Crippen molar-refractivity contribution in [1.29, 1.82) is 0 Å². The van der Waals surface area contributed by atoms with Crippen molar-refractivity contribution in [3.05, 3.63) is 94.8 Å². The van der Waals surface area contributed by atoms with Gasteiger partial charge in [0, 0.05) is 30.2 Å². The van der Waals surface area contributed by atoms with Crippen LogP contribution in [0.4, 0.5) is 15.8 Å². The molecule has 0 bridgehead atoms. The number of anilines is 2. The highest BCUT2D eigenvalue weighted by Gasteiger charge is 2.27. The van der Waals surface area contributed by atoms with Gasteiger partial charge in [-0.15, -0.1) is 0 Å². The van der Waals surface area contributed by atoms with Gasteiger partial charge in [-0.05, 0) is 53.4 Å². The van der Waals surface area contributed by atoms with Gasteiger partial charge < -0.3 is 15.5 Å². The lowest BCUT2D eigenvalue weighted by Crippen LogP contribution is -2.41. The van der Waals surface area contributed by atoms with E-state index in [1.54, 1.807) is 30.0 Å². The molecule has 3 aromatic carbocycles. The van der Waals surface area contributed by atoms with Gasteiger partial charge in [0.15, 0.2) is 0 Å². The number of nitrogens with zero attached hydrogens (tertiary/aromatic N) is 1. The first-order chi connectivity index (χ1) is 16.1. The van der Waals surface area contributed by atoms with Crippen LogP contribution in [-0.4, -0.2) is 35.1 Å². The standard InChI is InChI=1S/C26H24FN3O2S/c27-21-8-5-17(6-9-21)15-33-16-24-25(31)29-23-13-19(7-10-22(23)28-24)26(32)30-12-11-18-3-1-2-4-20(18)14-30/h1-10,13,24,28H,11-12,14-16H2,(H,29,31). The Balaban J connectivity index is 1.22. The van der Waals surface area contributed by atoms with Crippen molar-refractivity contribution >= 4 is 35.0 Å². The Kier molecular flexibility index (Phi) is 6.05. The number of carbonyl (C=O) groups excluding carboxylic acids is 2. The summed E-state index contributed by atoms with van der Waals surface area (Å²) in [6, 6.07) is 19.7. The molecular formula is C26H24FN3O2S. The molecule has 2 N–H and O–H groups in total. The summed E-state index contributed by atoms with van der Waals surface area (Å²) in [7, 11) is 0. The van der Waals surface area contributed by atoms with E-state index in [9.17, 15) is 14.0 Å². The van der Waals surface area contributed by atoms with Crippen molar-refractivity contribution in [3.63, 3.8) is 0 Å². The second-order valence-corrected chi connectivity index (χ2v) is 9.36. The summed E-state index contributed by atoms with van der Waals surface area (Å²) < 4.78 is 13.0. The molecule has 0 aromatic heterocycles. The smallest absolute Gasteiger partial charge is 0.254 e. The van der Waals surface area contributed by atoms with Gasteiger partial charge >= 0.3 is 0 Å². The zero-order chi connectivity index (χ0) is 22.8. The molecule has 7 heteroatoms. The predicted molar refractivity (Wildman–Crippen MR) is 130 cm³/mol. The highest BCUT2D eigenvalue weighted by Crippen LogP contribution is 2.30. The first-order valence-corrected chi connectivity index (χ1v) is 12.1. The van der Waals surface area contributed by atoms with E-state index in [1.807, 2.05) is 29.2 Å². The minimum Gasteiger partial charge on any atom is -0.371 e. The lowest BCUT2D eigenvalue weighted by atomic mass is 9.99. The fourth-order valence-electron chi connectivity index (χ4n) is 4.22. The number of thioether (sulfide) groups is 1. The molecule has 33 heavy (non-hydrogen) atoms. The molecular weight excluding hydrogens is 437 g/mol. The Morgan fingerprint density at radius 2 is 1.82 bits per heavy atom. The number of halogens is 1. The topological polar surface area (TPSA) is 61.4 Å². The van der Waals surface area contributed by atoms with E-state index < -0.39 is 0 Å². The Hall–Kier alpha value is -3.32. The van der Waals surface area contributed by atoms with Crippen LogP contribution in [0.25, 0.3) is 0 Å². The molecule has 168 valence electrons. The molecule has 0 saturated carbocycles. The molecule has 5 rings (SSSR count). The van der Waals surface area contributed by atoms with E-state index in [4.69, 9.17) is 0 Å². The SMILES string of the molecule is O=C1Nc2cc(C(=O)N3CCc4ccccc4C3)ccc2NC1CSCc1ccc(F)cc1. The summed E-state index contributed by atoms with van der Waals surface area (Å²) in [5, 5.41) is 6.23. The number of fused-ring (bicyclic) bond motifs is 2. The minimum atomic E-state index is -0.372. The van der Waals surface area contributed by atoms with Crippen molar-refractivity contribution in [2.24, 2.45) is 0 Å². The molecule has 2 aliphatic rings. The number of benzene rings is 3. The Labute approximate surface area is 196 Å². The molecule has 2 amide bonds. The van der Waals surface area contributed by atoms with Crippen molar-refractivity contribution in [3.8, 4) is 0 Å². The molecule has 5 nitrogen and oxygen atoms in total. The van der Waals surface area contributed by atoms with Crippen LogP contribution in [0.1, 0.15) is 27.0 Å². The predicted octanol–water partition coefficient (Wildman–Crippen LogP) is 4.69. The number of hydrogen-bond donors (Lipinski definition) is 2. The third-order valence-electron chi connectivity index (χ3n) is 6.05. The number of hydrogen-bond acceptors (Lipinski definition) is 4. The van der Waals surface area contributed by atoms with E-state index in [0.717, 1.165) is 17.7 Å². The maximum atomic E-state index is 13.1. The van der Waals surface area contributed by atoms with Gasteiger partial charge in [0.25, 0.3) is 5.91 Å². The average molecular weight is 462 g/mol. The first kappa shape index (κ1) is 21.5. The molecule has 0 fully saturated rings. The Morgan fingerprint density at radius 3 is 2.64 bits per heavy atom. The minimum absolute atomic E-state index is 0.0291. The lowest BCUT2D eigenvalue weighted by molar-refractivity contribution is -0.116. The van der Waals surface area contributed by atoms with Gasteiger partial charge in [-0.2, -0.15) is 11.8 Å². The van der Waals surface area contributed by atoms with Crippen molar-refractivity contribution in [2.45, 2.75) is 24.8 Å². The third-order valence-corrected chi connectivity index (χ3v) is 7.16. The van der Waals surface area contributed by atoms with Crippen LogP contribution in [0.2, 0.25) is 0 Å². The van der Waals surface area contributed by atoms with Crippen molar-refractivity contribution in [1.82, 2.24) is 4.90 Å². The van der Waals surface area contributed by atoms with Crippen LogP contribution in [-0.2, 0) is 23.5 Å². The highest BCUT2D eigenvalue weighted by atomic mass is 32.2. The van der Waals surface area contributed by atoms with Crippen molar-refractivity contribution in [2.75, 3.05) is 22.9 Å². The zero-order valence-electron chi connectivity index (χ0n) is 18.0. The van der Waals surface area contributed by atoms with Gasteiger partial charge in [-0.3, -0.25) is 9.59 Å². The third kappa shape index (κ3) is 4.73. The fourth-order valence-corrected chi connectivity index (χ4v) is 5.24. The molecule has 2 heterocycles. The molecule has 2 aliphatic heterocycles. The summed E-state index contributed by atoms with van der Waals surface area (Å²) in [4.78, 5) is 27.6. The normalized spacial score (nSPS) is 16.9. The van der Waals surface area contributed by atoms with Crippen LogP contribution >= 0.6 is 11.8 Å². The van der Waals surface area contributed by atoms with Gasteiger partial charge in [-0.25, -0.2) is 4.39 Å². The largest absolute Gasteiger partial charge is 0.371 e. The van der Waals surface area contributed by atoms with Gasteiger partial charge in [0.2, 0.25) is 5.91 Å². The zero-order valence-corrected chi connectivity index (χ0v) is 18.8. The van der Waals surface area contributed by atoms with Gasteiger partial charge in [-0.1, -0.05) is 36.4 Å². The second kappa shape index (κ2) is 9.27. The maximum absolute atomic E-state index is 13.1. The first-order valence-electron chi connectivity index (χ1n) is 11.0. The number of carbonyl (C=O) groups is 2. The highest BCUT2D eigenvalue weighted by molar-refractivity contribution is 7.98. The van der Waals surface area contributed by atoms with E-state index in [1.165, 1.54) is 23.3 Å². The number of nitrogens with one attached hydrogen (secondary N) is 2. The molecule has 0 radical (unpaired) electrons. The van der Waals surface area contributed by atoms with E-state index in [2.05, 4.69) is 22.8 Å². The average Bonchev–Trinajstić information content (AvgIpc) is 2.84. The molecule has 1 atom stereocenters. The molecule has 3 aromatic rings. The van der Waals surface area contributed by atoms with E-state index in [-0.39, 0.29) is 23.7 Å². The van der Waals surface area contributed by atoms with Crippen LogP contribution in [0.15, 0.2) is 66.7 Å². The second-order valence-electron chi connectivity index (χ2n) is 8.33. The summed E-state index contributed by atoms with van der Waals surface area (Å²) in [6.45, 7) is 1.29. The summed E-state index contributed by atoms with van der Waals surface area (Å²) in [5.74, 6) is 0.877. The van der Waals surface area contributed by atoms with Crippen LogP contribution in [0.5, 0.6) is 0 Å². The van der Waals surface area contributed by atoms with E-state index in [0.29, 0.717) is 35.8 Å². The maximum Gasteiger partial charge on any atom is 0.254 e. The molecule has 1 unspecified atom stereocenters. The monoisotopic (exact) mass is 461 g/mol. The summed E-state index contributed by atoms with van der Waals surface area (Å²) in [5.41, 5.74) is 5.50. The van der Waals surface area contributed by atoms with Crippen LogP contribution < -0.4 is 10.6 Å². The molecule has 0 saturated heterocycles. The molecule has 0 spiro atoms. The molecule has 0 aliphatic carbocycles. The van der Waals surface area contributed by atoms with Crippen LogP contribution in [0, 0.1) is 5.82 Å². The van der Waals surface area contributed by atoms with E-state index >= 15 is 0 Å². The summed E-state index contributed by atoms with van der Waals surface area (Å²) >= 11 is 1.61. The fraction of sp³-hybridized carbons (Fsp3) is 0.231. The lowest BCUT2D eigenvalue weighted by Gasteiger charge is -2.30. The van der Waals surface area contributed by atoms with Gasteiger partial charge in [0.05, 0.1) is 11.4 Å². The number of amides is 2. The van der Waals surface area contributed by atoms with Crippen molar-refractivity contribution < 1.29 is 14.0 Å². The quantitative estimate of drug-likeness (QED) is 0.579.